The van der Waals surface area contributed by atoms with Gasteiger partial charge in [0, 0.05) is 30.9 Å². The summed E-state index contributed by atoms with van der Waals surface area (Å²) in [5, 5.41) is 3.32. The molecule has 2 aliphatic heterocycles. The maximum atomic E-state index is 12.4. The second kappa shape index (κ2) is 5.04. The van der Waals surface area contributed by atoms with Crippen LogP contribution in [0.3, 0.4) is 0 Å². The molecule has 0 radical (unpaired) electrons. The largest absolute Gasteiger partial charge is 0.384 e. The van der Waals surface area contributed by atoms with Crippen LogP contribution in [-0.4, -0.2) is 30.4 Å². The van der Waals surface area contributed by atoms with Crippen LogP contribution in [0.1, 0.15) is 36.2 Å². The number of likely N-dealkylation sites (tertiary alicyclic amines) is 1. The van der Waals surface area contributed by atoms with E-state index in [-0.39, 0.29) is 23.7 Å². The molecule has 19 heavy (non-hydrogen) atoms. The monoisotopic (exact) mass is 280 g/mol. The highest BCUT2D eigenvalue weighted by Crippen LogP contribution is 2.30. The van der Waals surface area contributed by atoms with Gasteiger partial charge in [0.15, 0.2) is 0 Å². The summed E-state index contributed by atoms with van der Waals surface area (Å²) in [4.78, 5) is 14.4. The number of benzene rings is 1. The van der Waals surface area contributed by atoms with Crippen LogP contribution in [-0.2, 0) is 6.42 Å². The zero-order chi connectivity index (χ0) is 12.8. The fourth-order valence-corrected chi connectivity index (χ4v) is 2.91. The molecule has 2 heterocycles. The van der Waals surface area contributed by atoms with Gasteiger partial charge >= 0.3 is 0 Å². The minimum atomic E-state index is 0. The van der Waals surface area contributed by atoms with Crippen LogP contribution in [0, 0.1) is 5.41 Å². The fraction of sp³-hybridized carbons (Fsp3) is 0.533. The van der Waals surface area contributed by atoms with Gasteiger partial charge < -0.3 is 10.2 Å². The van der Waals surface area contributed by atoms with Crippen LogP contribution in [0.5, 0.6) is 0 Å². The quantitative estimate of drug-likeness (QED) is 0.858. The Labute approximate surface area is 120 Å². The number of carbonyl (C=O) groups is 1. The SMILES string of the molecule is CC1(C)CCN(C(=O)c2ccc3c(c2)CCN3)C1.Cl. The predicted octanol–water partition coefficient (Wildman–Crippen LogP) is 2.95. The molecule has 2 aliphatic rings. The molecule has 1 aromatic rings. The van der Waals surface area contributed by atoms with Crippen molar-refractivity contribution in [1.82, 2.24) is 4.90 Å². The Balaban J connectivity index is 0.00000133. The maximum Gasteiger partial charge on any atom is 0.253 e. The van der Waals surface area contributed by atoms with E-state index < -0.39 is 0 Å². The summed E-state index contributed by atoms with van der Waals surface area (Å²) in [6.45, 7) is 7.21. The van der Waals surface area contributed by atoms with Gasteiger partial charge in [-0.05, 0) is 42.0 Å². The van der Waals surface area contributed by atoms with Gasteiger partial charge in [0.25, 0.3) is 5.91 Å². The molecule has 0 atom stereocenters. The van der Waals surface area contributed by atoms with Gasteiger partial charge in [0.2, 0.25) is 0 Å². The van der Waals surface area contributed by atoms with Gasteiger partial charge in [-0.2, -0.15) is 0 Å². The summed E-state index contributed by atoms with van der Waals surface area (Å²) in [6.07, 6.45) is 2.13. The second-order valence-electron chi connectivity index (χ2n) is 6.19. The van der Waals surface area contributed by atoms with Crippen molar-refractivity contribution in [2.45, 2.75) is 26.7 Å². The lowest BCUT2D eigenvalue weighted by molar-refractivity contribution is 0.0778. The molecule has 0 spiro atoms. The minimum absolute atomic E-state index is 0. The number of anilines is 1. The predicted molar refractivity (Wildman–Crippen MR) is 80.2 cm³/mol. The van der Waals surface area contributed by atoms with Crippen molar-refractivity contribution in [1.29, 1.82) is 0 Å². The summed E-state index contributed by atoms with van der Waals surface area (Å²) in [5.41, 5.74) is 3.58. The summed E-state index contributed by atoms with van der Waals surface area (Å²) in [5.74, 6) is 0.190. The van der Waals surface area contributed by atoms with Crippen LogP contribution in [0.15, 0.2) is 18.2 Å². The Morgan fingerprint density at radius 3 is 2.84 bits per heavy atom. The third kappa shape index (κ3) is 2.71. The molecule has 0 unspecified atom stereocenters. The molecule has 1 fully saturated rings. The molecule has 1 aromatic carbocycles. The molecule has 0 aromatic heterocycles. The van der Waals surface area contributed by atoms with Crippen molar-refractivity contribution in [2.24, 2.45) is 5.41 Å². The second-order valence-corrected chi connectivity index (χ2v) is 6.19. The number of nitrogens with one attached hydrogen (secondary N) is 1. The normalized spacial score (nSPS) is 19.6. The Morgan fingerprint density at radius 1 is 1.37 bits per heavy atom. The van der Waals surface area contributed by atoms with Gasteiger partial charge in [-0.3, -0.25) is 4.79 Å². The molecule has 1 amide bonds. The Bertz CT molecular complexity index is 499. The molecule has 0 saturated carbocycles. The van der Waals surface area contributed by atoms with Crippen LogP contribution in [0.4, 0.5) is 5.69 Å². The van der Waals surface area contributed by atoms with Crippen LogP contribution >= 0.6 is 12.4 Å². The first-order valence-corrected chi connectivity index (χ1v) is 6.71. The zero-order valence-corrected chi connectivity index (χ0v) is 12.3. The number of nitrogens with zero attached hydrogens (tertiary/aromatic N) is 1. The molecular formula is C15H21ClN2O. The number of rotatable bonds is 1. The number of halogens is 1. The molecule has 0 bridgehead atoms. The molecule has 3 rings (SSSR count). The van der Waals surface area contributed by atoms with E-state index in [0.717, 1.165) is 38.0 Å². The van der Waals surface area contributed by atoms with Crippen molar-refractivity contribution in [3.05, 3.63) is 29.3 Å². The highest BCUT2D eigenvalue weighted by atomic mass is 35.5. The Morgan fingerprint density at radius 2 is 2.16 bits per heavy atom. The lowest BCUT2D eigenvalue weighted by atomic mass is 9.93. The highest BCUT2D eigenvalue weighted by Gasteiger charge is 2.32. The van der Waals surface area contributed by atoms with E-state index in [1.165, 1.54) is 11.3 Å². The first kappa shape index (κ1) is 14.2. The lowest BCUT2D eigenvalue weighted by Crippen LogP contribution is -2.30. The number of hydrogen-bond acceptors (Lipinski definition) is 2. The molecular weight excluding hydrogens is 260 g/mol. The number of carbonyl (C=O) groups excluding carboxylic acids is 1. The topological polar surface area (TPSA) is 32.3 Å². The molecule has 0 aliphatic carbocycles. The van der Waals surface area contributed by atoms with Crippen molar-refractivity contribution in [3.63, 3.8) is 0 Å². The molecule has 4 heteroatoms. The third-order valence-electron chi connectivity index (χ3n) is 4.03. The molecule has 104 valence electrons. The van der Waals surface area contributed by atoms with Crippen LogP contribution < -0.4 is 5.32 Å². The smallest absolute Gasteiger partial charge is 0.253 e. The summed E-state index contributed by atoms with van der Waals surface area (Å²) < 4.78 is 0. The van der Waals surface area contributed by atoms with Gasteiger partial charge in [0.05, 0.1) is 0 Å². The van der Waals surface area contributed by atoms with Crippen molar-refractivity contribution < 1.29 is 4.79 Å². The highest BCUT2D eigenvalue weighted by molar-refractivity contribution is 5.95. The Kier molecular flexibility index (Phi) is 3.77. The van der Waals surface area contributed by atoms with E-state index in [9.17, 15) is 4.79 Å². The zero-order valence-electron chi connectivity index (χ0n) is 11.5. The number of hydrogen-bond donors (Lipinski definition) is 1. The Hall–Kier alpha value is -1.22. The third-order valence-corrected chi connectivity index (χ3v) is 4.03. The van der Waals surface area contributed by atoms with Crippen LogP contribution in [0.2, 0.25) is 0 Å². The van der Waals surface area contributed by atoms with Crippen molar-refractivity contribution in [2.75, 3.05) is 25.0 Å². The molecule has 1 N–H and O–H groups in total. The number of fused-ring (bicyclic) bond motifs is 1. The van der Waals surface area contributed by atoms with Gasteiger partial charge in [-0.15, -0.1) is 12.4 Å². The van der Waals surface area contributed by atoms with Crippen molar-refractivity contribution in [3.8, 4) is 0 Å². The maximum absolute atomic E-state index is 12.4. The average Bonchev–Trinajstić information content (AvgIpc) is 2.93. The van der Waals surface area contributed by atoms with Gasteiger partial charge in [-0.1, -0.05) is 13.8 Å². The first-order valence-electron chi connectivity index (χ1n) is 6.71. The summed E-state index contributed by atoms with van der Waals surface area (Å²) in [7, 11) is 0. The first-order chi connectivity index (χ1) is 8.55. The van der Waals surface area contributed by atoms with E-state index in [1.54, 1.807) is 0 Å². The van der Waals surface area contributed by atoms with Gasteiger partial charge in [0.1, 0.15) is 0 Å². The number of amides is 1. The van der Waals surface area contributed by atoms with E-state index in [1.807, 2.05) is 17.0 Å². The minimum Gasteiger partial charge on any atom is -0.384 e. The summed E-state index contributed by atoms with van der Waals surface area (Å²) >= 11 is 0. The van der Waals surface area contributed by atoms with E-state index in [0.29, 0.717) is 0 Å². The van der Waals surface area contributed by atoms with E-state index in [4.69, 9.17) is 0 Å². The standard InChI is InChI=1S/C15H20N2O.ClH/c1-15(2)6-8-17(10-15)14(18)12-3-4-13-11(9-12)5-7-16-13;/h3-4,9,16H,5-8,10H2,1-2H3;1H. The van der Waals surface area contributed by atoms with E-state index >= 15 is 0 Å². The lowest BCUT2D eigenvalue weighted by Gasteiger charge is -2.20. The summed E-state index contributed by atoms with van der Waals surface area (Å²) in [6, 6.07) is 6.05. The van der Waals surface area contributed by atoms with Crippen LogP contribution in [0.25, 0.3) is 0 Å². The molecule has 1 saturated heterocycles. The fourth-order valence-electron chi connectivity index (χ4n) is 2.91. The van der Waals surface area contributed by atoms with Gasteiger partial charge in [-0.25, -0.2) is 0 Å². The van der Waals surface area contributed by atoms with E-state index in [2.05, 4.69) is 25.2 Å². The van der Waals surface area contributed by atoms with Crippen molar-refractivity contribution >= 4 is 24.0 Å². The molecule has 3 nitrogen and oxygen atoms in total. The average molecular weight is 281 g/mol.